The summed E-state index contributed by atoms with van der Waals surface area (Å²) in [6.45, 7) is 5.36. The van der Waals surface area contributed by atoms with Crippen LogP contribution in [-0.4, -0.2) is 20.6 Å². The molecule has 0 amide bonds. The Balaban J connectivity index is 2.83. The van der Waals surface area contributed by atoms with E-state index in [0.29, 0.717) is 0 Å². The third-order valence-electron chi connectivity index (χ3n) is 2.88. The third kappa shape index (κ3) is 3.01. The molecule has 0 aliphatic rings. The van der Waals surface area contributed by atoms with E-state index in [1.54, 1.807) is 20.8 Å². The van der Waals surface area contributed by atoms with Gasteiger partial charge in [-0.1, -0.05) is 26.8 Å². The summed E-state index contributed by atoms with van der Waals surface area (Å²) < 4.78 is 40.4. The maximum atomic E-state index is 13.2. The Kier molecular flexibility index (Phi) is 3.47. The summed E-state index contributed by atoms with van der Waals surface area (Å²) in [6, 6.07) is 4.06. The van der Waals surface area contributed by atoms with Crippen molar-refractivity contribution in [2.45, 2.75) is 33.5 Å². The van der Waals surface area contributed by atoms with E-state index in [2.05, 4.69) is 4.98 Å². The molecule has 1 aromatic heterocycles. The van der Waals surface area contributed by atoms with Crippen LogP contribution in [0, 0.1) is 5.41 Å². The van der Waals surface area contributed by atoms with Gasteiger partial charge in [0.1, 0.15) is 0 Å². The van der Waals surface area contributed by atoms with Gasteiger partial charge < -0.3 is 9.67 Å². The van der Waals surface area contributed by atoms with Crippen molar-refractivity contribution in [2.75, 3.05) is 0 Å². The van der Waals surface area contributed by atoms with Crippen molar-refractivity contribution in [2.24, 2.45) is 5.41 Å². The lowest BCUT2D eigenvalue weighted by Gasteiger charge is -2.22. The van der Waals surface area contributed by atoms with Gasteiger partial charge in [0.15, 0.2) is 0 Å². The van der Waals surface area contributed by atoms with Gasteiger partial charge in [0.2, 0.25) is 5.82 Å². The Hall–Kier alpha value is -2.05. The van der Waals surface area contributed by atoms with Gasteiger partial charge in [-0.15, -0.1) is 0 Å². The van der Waals surface area contributed by atoms with Crippen LogP contribution in [0.5, 0.6) is 0 Å². The fourth-order valence-corrected chi connectivity index (χ4v) is 2.20. The van der Waals surface area contributed by atoms with Crippen molar-refractivity contribution in [3.63, 3.8) is 0 Å². The summed E-state index contributed by atoms with van der Waals surface area (Å²) in [6.07, 6.45) is -4.64. The number of rotatable bonds is 2. The van der Waals surface area contributed by atoms with Crippen molar-refractivity contribution in [1.29, 1.82) is 0 Å². The molecule has 0 aliphatic heterocycles. The maximum Gasteiger partial charge on any atom is 0.449 e. The van der Waals surface area contributed by atoms with E-state index in [1.807, 2.05) is 0 Å². The van der Waals surface area contributed by atoms with E-state index in [0.717, 1.165) is 4.57 Å². The number of aromatic nitrogens is 2. The van der Waals surface area contributed by atoms with Crippen LogP contribution < -0.4 is 0 Å². The number of hydrogen-bond donors (Lipinski definition) is 1. The summed E-state index contributed by atoms with van der Waals surface area (Å²) in [5.74, 6) is -2.34. The summed E-state index contributed by atoms with van der Waals surface area (Å²) in [5, 5.41) is 9.20. The lowest BCUT2D eigenvalue weighted by Crippen LogP contribution is -2.22. The standard InChI is InChI=1S/C14H15F3N2O2/c1-13(2,3)7-19-10-8(11(20)21)5-4-6-9(10)18-12(19)14(15,16)17/h4-6H,7H2,1-3H3,(H,20,21). The molecule has 0 fully saturated rings. The normalized spacial score (nSPS) is 12.9. The summed E-state index contributed by atoms with van der Waals surface area (Å²) in [7, 11) is 0. The number of hydrogen-bond acceptors (Lipinski definition) is 2. The van der Waals surface area contributed by atoms with Crippen molar-refractivity contribution in [1.82, 2.24) is 9.55 Å². The molecule has 7 heteroatoms. The Morgan fingerprint density at radius 3 is 2.38 bits per heavy atom. The highest BCUT2D eigenvalue weighted by Gasteiger charge is 2.39. The van der Waals surface area contributed by atoms with Gasteiger partial charge in [-0.2, -0.15) is 13.2 Å². The van der Waals surface area contributed by atoms with Gasteiger partial charge in [-0.05, 0) is 17.5 Å². The molecule has 1 heterocycles. The van der Waals surface area contributed by atoms with E-state index in [9.17, 15) is 23.1 Å². The zero-order chi connectivity index (χ0) is 16.0. The largest absolute Gasteiger partial charge is 0.478 e. The lowest BCUT2D eigenvalue weighted by molar-refractivity contribution is -0.147. The highest BCUT2D eigenvalue weighted by Crippen LogP contribution is 2.34. The zero-order valence-corrected chi connectivity index (χ0v) is 11.8. The molecule has 0 radical (unpaired) electrons. The minimum Gasteiger partial charge on any atom is -0.478 e. The first kappa shape index (κ1) is 15.3. The molecule has 1 N–H and O–H groups in total. The number of imidazole rings is 1. The summed E-state index contributed by atoms with van der Waals surface area (Å²) in [4.78, 5) is 14.9. The highest BCUT2D eigenvalue weighted by atomic mass is 19.4. The van der Waals surface area contributed by atoms with Crippen LogP contribution in [0.4, 0.5) is 13.2 Å². The average Bonchev–Trinajstić information content (AvgIpc) is 2.65. The predicted octanol–water partition coefficient (Wildman–Crippen LogP) is 3.80. The molecule has 2 aromatic rings. The monoisotopic (exact) mass is 300 g/mol. The molecule has 0 saturated heterocycles. The second-order valence-electron chi connectivity index (χ2n) is 6.06. The van der Waals surface area contributed by atoms with Crippen LogP contribution in [0.25, 0.3) is 11.0 Å². The fourth-order valence-electron chi connectivity index (χ4n) is 2.20. The SMILES string of the molecule is CC(C)(C)Cn1c(C(F)(F)F)nc2cccc(C(=O)O)c21. The van der Waals surface area contributed by atoms with E-state index < -0.39 is 23.4 Å². The molecule has 21 heavy (non-hydrogen) atoms. The Bertz CT molecular complexity index is 697. The molecule has 0 aliphatic carbocycles. The number of carboxylic acids is 1. The van der Waals surface area contributed by atoms with Crippen LogP contribution in [0.2, 0.25) is 0 Å². The first-order chi connectivity index (χ1) is 9.50. The second kappa shape index (κ2) is 4.75. The molecule has 0 saturated carbocycles. The van der Waals surface area contributed by atoms with Crippen LogP contribution in [0.15, 0.2) is 18.2 Å². The van der Waals surface area contributed by atoms with E-state index in [4.69, 9.17) is 0 Å². The van der Waals surface area contributed by atoms with E-state index in [-0.39, 0.29) is 23.1 Å². The molecule has 0 spiro atoms. The summed E-state index contributed by atoms with van der Waals surface area (Å²) in [5.41, 5.74) is -0.599. The van der Waals surface area contributed by atoms with Gasteiger partial charge in [-0.25, -0.2) is 9.78 Å². The number of para-hydroxylation sites is 1. The van der Waals surface area contributed by atoms with Gasteiger partial charge in [0.25, 0.3) is 0 Å². The van der Waals surface area contributed by atoms with Gasteiger partial charge in [0, 0.05) is 6.54 Å². The summed E-state index contributed by atoms with van der Waals surface area (Å²) >= 11 is 0. The second-order valence-corrected chi connectivity index (χ2v) is 6.06. The number of benzene rings is 1. The van der Waals surface area contributed by atoms with Crippen LogP contribution in [0.3, 0.4) is 0 Å². The molecule has 0 atom stereocenters. The number of fused-ring (bicyclic) bond motifs is 1. The maximum absolute atomic E-state index is 13.2. The highest BCUT2D eigenvalue weighted by molar-refractivity contribution is 6.01. The smallest absolute Gasteiger partial charge is 0.449 e. The van der Waals surface area contributed by atoms with Gasteiger partial charge in [-0.3, -0.25) is 0 Å². The Morgan fingerprint density at radius 2 is 1.90 bits per heavy atom. The first-order valence-electron chi connectivity index (χ1n) is 6.30. The number of halogens is 3. The first-order valence-corrected chi connectivity index (χ1v) is 6.30. The molecule has 114 valence electrons. The number of aromatic carboxylic acids is 1. The Labute approximate surface area is 119 Å². The fraction of sp³-hybridized carbons (Fsp3) is 0.429. The number of carboxylic acid groups (broad SMARTS) is 1. The van der Waals surface area contributed by atoms with Crippen molar-refractivity contribution in [3.8, 4) is 0 Å². The predicted molar refractivity (Wildman–Crippen MR) is 71.1 cm³/mol. The average molecular weight is 300 g/mol. The number of nitrogens with zero attached hydrogens (tertiary/aromatic N) is 2. The van der Waals surface area contributed by atoms with E-state index in [1.165, 1.54) is 18.2 Å². The Morgan fingerprint density at radius 1 is 1.29 bits per heavy atom. The molecular weight excluding hydrogens is 285 g/mol. The molecule has 0 unspecified atom stereocenters. The third-order valence-corrected chi connectivity index (χ3v) is 2.88. The topological polar surface area (TPSA) is 55.1 Å². The van der Waals surface area contributed by atoms with Gasteiger partial charge in [0.05, 0.1) is 16.6 Å². The molecule has 4 nitrogen and oxygen atoms in total. The van der Waals surface area contributed by atoms with E-state index >= 15 is 0 Å². The molecule has 1 aromatic carbocycles. The van der Waals surface area contributed by atoms with Crippen molar-refractivity contribution >= 4 is 17.0 Å². The lowest BCUT2D eigenvalue weighted by atomic mass is 9.96. The minimum absolute atomic E-state index is 0.00671. The quantitative estimate of drug-likeness (QED) is 0.917. The number of alkyl halides is 3. The van der Waals surface area contributed by atoms with Gasteiger partial charge >= 0.3 is 12.1 Å². The minimum atomic E-state index is -4.64. The van der Waals surface area contributed by atoms with Crippen molar-refractivity contribution < 1.29 is 23.1 Å². The molecular formula is C14H15F3N2O2. The van der Waals surface area contributed by atoms with Crippen molar-refractivity contribution in [3.05, 3.63) is 29.6 Å². The van der Waals surface area contributed by atoms with Crippen LogP contribution in [0.1, 0.15) is 37.0 Å². The molecule has 2 rings (SSSR count). The molecule has 0 bridgehead atoms. The zero-order valence-electron chi connectivity index (χ0n) is 11.8. The van der Waals surface area contributed by atoms with Crippen LogP contribution in [-0.2, 0) is 12.7 Å². The van der Waals surface area contributed by atoms with Crippen LogP contribution >= 0.6 is 0 Å². The number of carbonyl (C=O) groups is 1.